The van der Waals surface area contributed by atoms with Gasteiger partial charge in [0.25, 0.3) is 5.69 Å². The van der Waals surface area contributed by atoms with Crippen molar-refractivity contribution in [3.05, 3.63) is 40.1 Å². The molecule has 1 aliphatic carbocycles. The largest absolute Gasteiger partial charge is 0.384 e. The summed E-state index contributed by atoms with van der Waals surface area (Å²) >= 11 is 0. The van der Waals surface area contributed by atoms with Crippen LogP contribution in [-0.4, -0.2) is 16.5 Å². The lowest BCUT2D eigenvalue weighted by molar-refractivity contribution is -0.384. The maximum atomic E-state index is 10.9. The van der Waals surface area contributed by atoms with E-state index in [0.29, 0.717) is 0 Å². The van der Waals surface area contributed by atoms with Crippen molar-refractivity contribution in [1.29, 1.82) is 0 Å². The molecule has 5 nitrogen and oxygen atoms in total. The molecule has 3 rings (SSSR count). The molecule has 2 aromatic rings. The van der Waals surface area contributed by atoms with Gasteiger partial charge in [-0.15, -0.1) is 0 Å². The maximum absolute atomic E-state index is 10.9. The predicted molar refractivity (Wildman–Crippen MR) is 83.6 cm³/mol. The van der Waals surface area contributed by atoms with E-state index in [1.807, 2.05) is 13.0 Å². The molecule has 1 fully saturated rings. The quantitative estimate of drug-likeness (QED) is 0.494. The number of pyridine rings is 1. The highest BCUT2D eigenvalue weighted by molar-refractivity contribution is 5.93. The van der Waals surface area contributed by atoms with Crippen molar-refractivity contribution in [2.75, 3.05) is 11.9 Å². The molecule has 5 heteroatoms. The number of nitro benzene ring substituents is 1. The van der Waals surface area contributed by atoms with E-state index in [2.05, 4.69) is 10.3 Å². The number of anilines is 1. The van der Waals surface area contributed by atoms with Crippen molar-refractivity contribution in [2.45, 2.75) is 32.6 Å². The van der Waals surface area contributed by atoms with Crippen LogP contribution in [0.4, 0.5) is 11.4 Å². The van der Waals surface area contributed by atoms with Crippen molar-refractivity contribution in [3.63, 3.8) is 0 Å². The Morgan fingerprint density at radius 3 is 2.90 bits per heavy atom. The van der Waals surface area contributed by atoms with Crippen LogP contribution in [0, 0.1) is 23.0 Å². The molecule has 0 radical (unpaired) electrons. The molecule has 1 aromatic carbocycles. The fraction of sp³-hybridized carbons (Fsp3) is 0.438. The molecule has 0 aliphatic heterocycles. The maximum Gasteiger partial charge on any atom is 0.270 e. The molecule has 1 aromatic heterocycles. The Bertz CT molecular complexity index is 681. The summed E-state index contributed by atoms with van der Waals surface area (Å²) < 4.78 is 0. The number of fused-ring (bicyclic) bond motifs is 1. The average molecular weight is 285 g/mol. The van der Waals surface area contributed by atoms with Gasteiger partial charge < -0.3 is 5.32 Å². The van der Waals surface area contributed by atoms with Gasteiger partial charge in [0, 0.05) is 35.4 Å². The SMILES string of the molecule is Cc1cc(NCCCC2CC2)c2cc([N+](=O)[O-])ccc2n1. The van der Waals surface area contributed by atoms with Gasteiger partial charge in [0.2, 0.25) is 0 Å². The standard InChI is InChI=1S/C16H19N3O2/c1-11-9-16(17-8-2-3-12-4-5-12)14-10-13(19(20)21)6-7-15(14)18-11/h6-7,9-10,12H,2-5,8H2,1H3,(H,17,18). The van der Waals surface area contributed by atoms with Gasteiger partial charge >= 0.3 is 0 Å². The van der Waals surface area contributed by atoms with E-state index in [1.165, 1.54) is 25.3 Å². The van der Waals surface area contributed by atoms with Crippen LogP contribution in [0.15, 0.2) is 24.3 Å². The highest BCUT2D eigenvalue weighted by Crippen LogP contribution is 2.33. The summed E-state index contributed by atoms with van der Waals surface area (Å²) in [6, 6.07) is 6.79. The van der Waals surface area contributed by atoms with Crippen LogP contribution in [0.3, 0.4) is 0 Å². The van der Waals surface area contributed by atoms with E-state index in [9.17, 15) is 10.1 Å². The van der Waals surface area contributed by atoms with E-state index in [1.54, 1.807) is 12.1 Å². The first-order valence-electron chi connectivity index (χ1n) is 7.43. The van der Waals surface area contributed by atoms with Crippen molar-refractivity contribution in [3.8, 4) is 0 Å². The van der Waals surface area contributed by atoms with Crippen LogP contribution >= 0.6 is 0 Å². The Hall–Kier alpha value is -2.17. The summed E-state index contributed by atoms with van der Waals surface area (Å²) in [5.41, 5.74) is 2.76. The summed E-state index contributed by atoms with van der Waals surface area (Å²) in [5.74, 6) is 0.934. The summed E-state index contributed by atoms with van der Waals surface area (Å²) in [5, 5.41) is 15.2. The van der Waals surface area contributed by atoms with Gasteiger partial charge in [-0.1, -0.05) is 12.8 Å². The average Bonchev–Trinajstić information content (AvgIpc) is 3.26. The molecule has 0 amide bonds. The van der Waals surface area contributed by atoms with Gasteiger partial charge in [0.05, 0.1) is 10.4 Å². The van der Waals surface area contributed by atoms with Gasteiger partial charge in [0.15, 0.2) is 0 Å². The zero-order chi connectivity index (χ0) is 14.8. The molecule has 1 heterocycles. The molecule has 0 bridgehead atoms. The third-order valence-electron chi connectivity index (χ3n) is 3.93. The Balaban J connectivity index is 1.83. The molecule has 0 saturated heterocycles. The molecule has 110 valence electrons. The number of benzene rings is 1. The number of aryl methyl sites for hydroxylation is 1. The normalized spacial score (nSPS) is 14.3. The number of nitro groups is 1. The topological polar surface area (TPSA) is 68.1 Å². The van der Waals surface area contributed by atoms with E-state index in [-0.39, 0.29) is 10.6 Å². The minimum atomic E-state index is -0.365. The molecular weight excluding hydrogens is 266 g/mol. The molecule has 0 unspecified atom stereocenters. The Kier molecular flexibility index (Phi) is 3.73. The summed E-state index contributed by atoms with van der Waals surface area (Å²) in [6.07, 6.45) is 5.17. The number of nitrogens with one attached hydrogen (secondary N) is 1. The zero-order valence-electron chi connectivity index (χ0n) is 12.1. The Labute approximate surface area is 123 Å². The van der Waals surface area contributed by atoms with Gasteiger partial charge in [-0.05, 0) is 37.8 Å². The van der Waals surface area contributed by atoms with Crippen molar-refractivity contribution in [1.82, 2.24) is 4.98 Å². The van der Waals surface area contributed by atoms with Crippen molar-refractivity contribution < 1.29 is 4.92 Å². The molecule has 1 aliphatic rings. The first-order valence-corrected chi connectivity index (χ1v) is 7.43. The number of nitrogens with zero attached hydrogens (tertiary/aromatic N) is 2. The second kappa shape index (κ2) is 5.68. The van der Waals surface area contributed by atoms with Crippen molar-refractivity contribution >= 4 is 22.3 Å². The van der Waals surface area contributed by atoms with Gasteiger partial charge in [-0.2, -0.15) is 0 Å². The van der Waals surface area contributed by atoms with E-state index >= 15 is 0 Å². The van der Waals surface area contributed by atoms with Crippen LogP contribution < -0.4 is 5.32 Å². The van der Waals surface area contributed by atoms with Crippen LogP contribution in [0.5, 0.6) is 0 Å². The summed E-state index contributed by atoms with van der Waals surface area (Å²) in [4.78, 5) is 15.0. The van der Waals surface area contributed by atoms with Crippen LogP contribution in [0.25, 0.3) is 10.9 Å². The summed E-state index contributed by atoms with van der Waals surface area (Å²) in [6.45, 7) is 2.84. The number of aromatic nitrogens is 1. The third kappa shape index (κ3) is 3.29. The number of hydrogen-bond donors (Lipinski definition) is 1. The number of non-ortho nitro benzene ring substituents is 1. The highest BCUT2D eigenvalue weighted by Gasteiger charge is 2.20. The second-order valence-electron chi connectivity index (χ2n) is 5.78. The van der Waals surface area contributed by atoms with Gasteiger partial charge in [-0.3, -0.25) is 15.1 Å². The summed E-state index contributed by atoms with van der Waals surface area (Å²) in [7, 11) is 0. The number of hydrogen-bond acceptors (Lipinski definition) is 4. The van der Waals surface area contributed by atoms with Gasteiger partial charge in [-0.25, -0.2) is 0 Å². The molecule has 21 heavy (non-hydrogen) atoms. The third-order valence-corrected chi connectivity index (χ3v) is 3.93. The van der Waals surface area contributed by atoms with Crippen LogP contribution in [-0.2, 0) is 0 Å². The Morgan fingerprint density at radius 1 is 1.38 bits per heavy atom. The lowest BCUT2D eigenvalue weighted by atomic mass is 10.1. The van der Waals surface area contributed by atoms with Crippen LogP contribution in [0.1, 0.15) is 31.4 Å². The van der Waals surface area contributed by atoms with E-state index < -0.39 is 0 Å². The van der Waals surface area contributed by atoms with Crippen molar-refractivity contribution in [2.24, 2.45) is 5.92 Å². The van der Waals surface area contributed by atoms with Crippen LogP contribution in [0.2, 0.25) is 0 Å². The highest BCUT2D eigenvalue weighted by atomic mass is 16.6. The fourth-order valence-electron chi connectivity index (χ4n) is 2.63. The zero-order valence-corrected chi connectivity index (χ0v) is 12.1. The van der Waals surface area contributed by atoms with Gasteiger partial charge in [0.1, 0.15) is 0 Å². The first kappa shape index (κ1) is 13.8. The molecule has 1 saturated carbocycles. The molecule has 0 atom stereocenters. The minimum Gasteiger partial charge on any atom is -0.384 e. The Morgan fingerprint density at radius 2 is 2.19 bits per heavy atom. The first-order chi connectivity index (χ1) is 10.1. The fourth-order valence-corrected chi connectivity index (χ4v) is 2.63. The molecule has 1 N–H and O–H groups in total. The second-order valence-corrected chi connectivity index (χ2v) is 5.78. The monoisotopic (exact) mass is 285 g/mol. The lowest BCUT2D eigenvalue weighted by Crippen LogP contribution is -2.03. The van der Waals surface area contributed by atoms with E-state index in [4.69, 9.17) is 0 Å². The smallest absolute Gasteiger partial charge is 0.270 e. The number of rotatable bonds is 6. The minimum absolute atomic E-state index is 0.106. The lowest BCUT2D eigenvalue weighted by Gasteiger charge is -2.10. The molecular formula is C16H19N3O2. The molecule has 0 spiro atoms. The van der Waals surface area contributed by atoms with E-state index in [0.717, 1.165) is 41.2 Å². The predicted octanol–water partition coefficient (Wildman–Crippen LogP) is 4.05.